The average Bonchev–Trinajstić information content (AvgIpc) is 2.86. The summed E-state index contributed by atoms with van der Waals surface area (Å²) in [6.45, 7) is 4.67. The predicted molar refractivity (Wildman–Crippen MR) is 92.9 cm³/mol. The Morgan fingerprint density at radius 2 is 1.87 bits per heavy atom. The zero-order valence-electron chi connectivity index (χ0n) is 13.7. The number of hydrogen-bond donors (Lipinski definition) is 0. The number of fused-ring (bicyclic) bond motifs is 1. The number of carbonyl (C=O) groups is 2. The second-order valence-electron chi connectivity index (χ2n) is 6.15. The molecule has 0 aromatic heterocycles. The largest absolute Gasteiger partial charge is 0.341 e. The molecule has 5 heteroatoms. The highest BCUT2D eigenvalue weighted by Crippen LogP contribution is 2.30. The molecule has 0 N–H and O–H groups in total. The van der Waals surface area contributed by atoms with E-state index in [4.69, 9.17) is 0 Å². The van der Waals surface area contributed by atoms with E-state index < -0.39 is 0 Å². The summed E-state index contributed by atoms with van der Waals surface area (Å²) in [5, 5.41) is 0. The molecule has 0 bridgehead atoms. The smallest absolute Gasteiger partial charge is 0.253 e. The van der Waals surface area contributed by atoms with E-state index in [1.807, 2.05) is 34.6 Å². The van der Waals surface area contributed by atoms with Crippen LogP contribution in [0, 0.1) is 0 Å². The molecule has 1 aromatic carbocycles. The minimum Gasteiger partial charge on any atom is -0.341 e. The van der Waals surface area contributed by atoms with Gasteiger partial charge < -0.3 is 9.80 Å². The monoisotopic (exact) mass is 332 g/mol. The Bertz CT molecular complexity index is 603. The van der Waals surface area contributed by atoms with E-state index in [0.717, 1.165) is 31.5 Å². The number of thioether (sulfide) groups is 1. The van der Waals surface area contributed by atoms with Crippen LogP contribution in [0.2, 0.25) is 0 Å². The molecule has 0 radical (unpaired) electrons. The summed E-state index contributed by atoms with van der Waals surface area (Å²) < 4.78 is 0. The second kappa shape index (κ2) is 7.39. The Morgan fingerprint density at radius 3 is 2.70 bits per heavy atom. The number of hydrogen-bond acceptors (Lipinski definition) is 3. The van der Waals surface area contributed by atoms with E-state index in [-0.39, 0.29) is 11.8 Å². The molecule has 4 nitrogen and oxygen atoms in total. The Labute approximate surface area is 142 Å². The summed E-state index contributed by atoms with van der Waals surface area (Å²) in [4.78, 5) is 29.8. The van der Waals surface area contributed by atoms with Crippen LogP contribution in [0.3, 0.4) is 0 Å². The minimum absolute atomic E-state index is 0.106. The van der Waals surface area contributed by atoms with Gasteiger partial charge in [0.25, 0.3) is 5.91 Å². The third-order valence-corrected chi connectivity index (χ3v) is 5.80. The van der Waals surface area contributed by atoms with Crippen LogP contribution < -0.4 is 0 Å². The molecular formula is C18H24N2O2S. The maximum Gasteiger partial charge on any atom is 0.253 e. The van der Waals surface area contributed by atoms with Gasteiger partial charge in [-0.25, -0.2) is 0 Å². The summed E-state index contributed by atoms with van der Waals surface area (Å²) in [5.41, 5.74) is 2.10. The molecule has 1 aromatic rings. The predicted octanol–water partition coefficient (Wildman–Crippen LogP) is 2.81. The third kappa shape index (κ3) is 3.71. The highest BCUT2D eigenvalue weighted by molar-refractivity contribution is 7.99. The van der Waals surface area contributed by atoms with Crippen molar-refractivity contribution < 1.29 is 9.59 Å². The first kappa shape index (κ1) is 16.4. The maximum atomic E-state index is 12.8. The lowest BCUT2D eigenvalue weighted by atomic mass is 10.1. The van der Waals surface area contributed by atoms with Crippen molar-refractivity contribution in [2.24, 2.45) is 0 Å². The minimum atomic E-state index is 0.106. The molecule has 2 heterocycles. The maximum absolute atomic E-state index is 12.8. The van der Waals surface area contributed by atoms with Crippen molar-refractivity contribution in [2.75, 3.05) is 31.9 Å². The molecule has 0 spiro atoms. The van der Waals surface area contributed by atoms with Crippen molar-refractivity contribution in [1.82, 2.24) is 9.80 Å². The second-order valence-corrected chi connectivity index (χ2v) is 7.29. The summed E-state index contributed by atoms with van der Waals surface area (Å²) in [5.74, 6) is 1.47. The molecule has 0 atom stereocenters. The van der Waals surface area contributed by atoms with E-state index >= 15 is 0 Å². The molecular weight excluding hydrogens is 308 g/mol. The fourth-order valence-electron chi connectivity index (χ4n) is 3.27. The van der Waals surface area contributed by atoms with Crippen molar-refractivity contribution >= 4 is 23.6 Å². The Balaban J connectivity index is 1.69. The first-order valence-electron chi connectivity index (χ1n) is 8.52. The lowest BCUT2D eigenvalue weighted by Gasteiger charge is -2.23. The normalized spacial score (nSPS) is 18.3. The van der Waals surface area contributed by atoms with E-state index in [1.165, 1.54) is 22.6 Å². The van der Waals surface area contributed by atoms with Crippen molar-refractivity contribution in [1.29, 1.82) is 0 Å². The van der Waals surface area contributed by atoms with Crippen LogP contribution in [0.5, 0.6) is 0 Å². The topological polar surface area (TPSA) is 40.6 Å². The molecule has 3 rings (SSSR count). The van der Waals surface area contributed by atoms with E-state index in [1.54, 1.807) is 0 Å². The van der Waals surface area contributed by atoms with E-state index in [2.05, 4.69) is 12.1 Å². The molecule has 1 fully saturated rings. The number of nitrogens with zero attached hydrogens (tertiary/aromatic N) is 2. The molecule has 2 amide bonds. The lowest BCUT2D eigenvalue weighted by molar-refractivity contribution is -0.130. The summed E-state index contributed by atoms with van der Waals surface area (Å²) in [6.07, 6.45) is 3.66. The van der Waals surface area contributed by atoms with Crippen LogP contribution >= 0.6 is 11.8 Å². The summed E-state index contributed by atoms with van der Waals surface area (Å²) in [6, 6.07) is 6.13. The van der Waals surface area contributed by atoms with Gasteiger partial charge in [0, 0.05) is 43.1 Å². The molecule has 2 aliphatic rings. The molecule has 124 valence electrons. The number of benzene rings is 1. The van der Waals surface area contributed by atoms with Crippen LogP contribution in [0.4, 0.5) is 0 Å². The van der Waals surface area contributed by atoms with Crippen LogP contribution in [0.25, 0.3) is 0 Å². The molecule has 0 unspecified atom stereocenters. The fourth-order valence-corrected chi connectivity index (χ4v) is 4.29. The van der Waals surface area contributed by atoms with Gasteiger partial charge in [-0.15, -0.1) is 11.8 Å². The molecule has 0 aliphatic carbocycles. The van der Waals surface area contributed by atoms with Crippen LogP contribution in [0.15, 0.2) is 23.1 Å². The van der Waals surface area contributed by atoms with Gasteiger partial charge >= 0.3 is 0 Å². The Morgan fingerprint density at radius 1 is 1.09 bits per heavy atom. The first-order valence-corrected chi connectivity index (χ1v) is 9.50. The van der Waals surface area contributed by atoms with Gasteiger partial charge in [-0.2, -0.15) is 0 Å². The van der Waals surface area contributed by atoms with Gasteiger partial charge in [0.05, 0.1) is 0 Å². The zero-order valence-corrected chi connectivity index (χ0v) is 14.5. The van der Waals surface area contributed by atoms with Crippen molar-refractivity contribution in [3.05, 3.63) is 29.3 Å². The lowest BCUT2D eigenvalue weighted by Crippen LogP contribution is -2.37. The highest BCUT2D eigenvalue weighted by atomic mass is 32.2. The van der Waals surface area contributed by atoms with Gasteiger partial charge in [-0.3, -0.25) is 9.59 Å². The fraction of sp³-hybridized carbons (Fsp3) is 0.556. The Kier molecular flexibility index (Phi) is 5.26. The Hall–Kier alpha value is -1.49. The van der Waals surface area contributed by atoms with E-state index in [9.17, 15) is 9.59 Å². The van der Waals surface area contributed by atoms with Crippen LogP contribution in [-0.2, 0) is 11.2 Å². The van der Waals surface area contributed by atoms with Gasteiger partial charge in [-0.05, 0) is 48.8 Å². The standard InChI is InChI=1S/C18H24N2O2S/c1-2-17(21)19-8-4-9-20(11-10-19)18(22)15-6-7-16-14(13-15)5-3-12-23-16/h6-7,13H,2-5,8-12H2,1H3. The van der Waals surface area contributed by atoms with Gasteiger partial charge in [0.15, 0.2) is 0 Å². The van der Waals surface area contributed by atoms with E-state index in [0.29, 0.717) is 19.5 Å². The van der Waals surface area contributed by atoms with Crippen LogP contribution in [0.1, 0.15) is 42.1 Å². The van der Waals surface area contributed by atoms with Crippen molar-refractivity contribution in [3.8, 4) is 0 Å². The average molecular weight is 332 g/mol. The van der Waals surface area contributed by atoms with Crippen molar-refractivity contribution in [2.45, 2.75) is 37.5 Å². The quantitative estimate of drug-likeness (QED) is 0.836. The molecule has 23 heavy (non-hydrogen) atoms. The zero-order chi connectivity index (χ0) is 16.2. The van der Waals surface area contributed by atoms with Gasteiger partial charge in [0.2, 0.25) is 5.91 Å². The third-order valence-electron chi connectivity index (χ3n) is 4.59. The number of aryl methyl sites for hydroxylation is 1. The first-order chi connectivity index (χ1) is 11.2. The number of amides is 2. The number of rotatable bonds is 2. The number of carbonyl (C=O) groups excluding carboxylic acids is 2. The van der Waals surface area contributed by atoms with Crippen LogP contribution in [-0.4, -0.2) is 53.5 Å². The van der Waals surface area contributed by atoms with Crippen molar-refractivity contribution in [3.63, 3.8) is 0 Å². The summed E-state index contributed by atoms with van der Waals surface area (Å²) >= 11 is 1.88. The summed E-state index contributed by atoms with van der Waals surface area (Å²) in [7, 11) is 0. The molecule has 0 saturated carbocycles. The van der Waals surface area contributed by atoms with Gasteiger partial charge in [0.1, 0.15) is 0 Å². The SMILES string of the molecule is CCC(=O)N1CCCN(C(=O)c2ccc3c(c2)CCCS3)CC1. The molecule has 1 saturated heterocycles. The highest BCUT2D eigenvalue weighted by Gasteiger charge is 2.23. The molecule has 2 aliphatic heterocycles. The van der Waals surface area contributed by atoms with Gasteiger partial charge in [-0.1, -0.05) is 6.92 Å².